The molecule has 30 heavy (non-hydrogen) atoms. The van der Waals surface area contributed by atoms with E-state index >= 15 is 0 Å². The quantitative estimate of drug-likeness (QED) is 0.324. The Hall–Kier alpha value is -2.45. The van der Waals surface area contributed by atoms with Crippen molar-refractivity contribution in [1.82, 2.24) is 19.7 Å². The first-order valence-corrected chi connectivity index (χ1v) is 12.0. The van der Waals surface area contributed by atoms with Crippen LogP contribution in [0.15, 0.2) is 44.7 Å². The predicted molar refractivity (Wildman–Crippen MR) is 119 cm³/mol. The lowest BCUT2D eigenvalue weighted by Gasteiger charge is -2.13. The molecule has 0 spiro atoms. The third kappa shape index (κ3) is 3.81. The van der Waals surface area contributed by atoms with Gasteiger partial charge in [0.2, 0.25) is 11.8 Å². The van der Waals surface area contributed by atoms with E-state index in [1.165, 1.54) is 34.2 Å². The van der Waals surface area contributed by atoms with Gasteiger partial charge in [0.05, 0.1) is 11.1 Å². The topological polar surface area (TPSA) is 73.8 Å². The van der Waals surface area contributed by atoms with E-state index in [4.69, 9.17) is 9.40 Å². The van der Waals surface area contributed by atoms with Gasteiger partial charge in [0.15, 0.2) is 5.16 Å². The van der Waals surface area contributed by atoms with E-state index in [1.54, 1.807) is 18.3 Å². The number of fused-ring (bicyclic) bond motifs is 3. The Morgan fingerprint density at radius 3 is 2.80 bits per heavy atom. The Morgan fingerprint density at radius 2 is 2.00 bits per heavy atom. The lowest BCUT2D eigenvalue weighted by molar-refractivity contribution is 0.485. The second kappa shape index (κ2) is 8.35. The number of rotatable bonds is 6. The maximum Gasteiger partial charge on any atom is 0.263 e. The number of aromatic nitrogens is 4. The number of thioether (sulfide) groups is 1. The van der Waals surface area contributed by atoms with Crippen LogP contribution in [-0.2, 0) is 31.6 Å². The minimum atomic E-state index is 0.0829. The smallest absolute Gasteiger partial charge is 0.263 e. The fourth-order valence-corrected chi connectivity index (χ4v) is 6.10. The molecule has 8 heteroatoms. The van der Waals surface area contributed by atoms with Crippen LogP contribution in [0, 0.1) is 6.92 Å². The zero-order valence-electron chi connectivity index (χ0n) is 16.8. The number of aryl methyl sites for hydroxylation is 4. The molecule has 0 radical (unpaired) electrons. The molecule has 0 N–H and O–H groups in total. The molecule has 3 heterocycles. The standard InChI is InChI=1S/C22H22N4O2S2/c1-14-24-25-18(28-14)13-29-22-23-20-19(16-9-5-6-10-17(16)30-20)21(27)26(22)12-11-15-7-3-2-4-8-15/h2-4,7-8H,5-6,9-13H2,1H3. The summed E-state index contributed by atoms with van der Waals surface area (Å²) in [6, 6.07) is 10.3. The number of nitrogens with zero attached hydrogens (tertiary/aromatic N) is 4. The van der Waals surface area contributed by atoms with Crippen molar-refractivity contribution in [2.75, 3.05) is 0 Å². The summed E-state index contributed by atoms with van der Waals surface area (Å²) < 4.78 is 7.34. The van der Waals surface area contributed by atoms with Crippen LogP contribution < -0.4 is 5.56 Å². The molecule has 154 valence electrons. The van der Waals surface area contributed by atoms with Crippen molar-refractivity contribution in [2.24, 2.45) is 0 Å². The van der Waals surface area contributed by atoms with Crippen molar-refractivity contribution in [3.8, 4) is 0 Å². The van der Waals surface area contributed by atoms with Gasteiger partial charge in [-0.3, -0.25) is 9.36 Å². The van der Waals surface area contributed by atoms with Crippen LogP contribution in [0.25, 0.3) is 10.2 Å². The van der Waals surface area contributed by atoms with E-state index < -0.39 is 0 Å². The molecule has 1 aromatic carbocycles. The van der Waals surface area contributed by atoms with Crippen molar-refractivity contribution in [3.05, 3.63) is 68.5 Å². The summed E-state index contributed by atoms with van der Waals surface area (Å²) >= 11 is 3.17. The summed E-state index contributed by atoms with van der Waals surface area (Å²) in [5.41, 5.74) is 2.52. The molecule has 0 atom stereocenters. The first-order chi connectivity index (χ1) is 14.7. The molecule has 0 saturated heterocycles. The van der Waals surface area contributed by atoms with Gasteiger partial charge < -0.3 is 4.42 Å². The van der Waals surface area contributed by atoms with Gasteiger partial charge in [-0.15, -0.1) is 21.5 Å². The van der Waals surface area contributed by atoms with Crippen molar-refractivity contribution >= 4 is 33.3 Å². The van der Waals surface area contributed by atoms with Crippen molar-refractivity contribution in [1.29, 1.82) is 0 Å². The highest BCUT2D eigenvalue weighted by molar-refractivity contribution is 7.98. The minimum absolute atomic E-state index is 0.0829. The van der Waals surface area contributed by atoms with Gasteiger partial charge in [-0.25, -0.2) is 4.98 Å². The van der Waals surface area contributed by atoms with E-state index in [1.807, 2.05) is 22.8 Å². The van der Waals surface area contributed by atoms with Crippen LogP contribution in [0.2, 0.25) is 0 Å². The van der Waals surface area contributed by atoms with Crippen molar-refractivity contribution in [2.45, 2.75) is 56.5 Å². The van der Waals surface area contributed by atoms with Crippen LogP contribution >= 0.6 is 23.1 Å². The largest absolute Gasteiger partial charge is 0.425 e. The first-order valence-electron chi connectivity index (χ1n) is 10.2. The minimum Gasteiger partial charge on any atom is -0.425 e. The summed E-state index contributed by atoms with van der Waals surface area (Å²) in [6.07, 6.45) is 5.17. The lowest BCUT2D eigenvalue weighted by atomic mass is 9.97. The maximum atomic E-state index is 13.6. The number of hydrogen-bond donors (Lipinski definition) is 0. The average molecular weight is 439 g/mol. The second-order valence-electron chi connectivity index (χ2n) is 7.48. The summed E-state index contributed by atoms with van der Waals surface area (Å²) in [4.78, 5) is 20.7. The molecule has 0 unspecified atom stereocenters. The predicted octanol–water partition coefficient (Wildman–Crippen LogP) is 4.56. The van der Waals surface area contributed by atoms with E-state index in [0.29, 0.717) is 24.1 Å². The molecular weight excluding hydrogens is 416 g/mol. The van der Waals surface area contributed by atoms with E-state index in [-0.39, 0.29) is 5.56 Å². The number of benzene rings is 1. The first kappa shape index (κ1) is 19.5. The van der Waals surface area contributed by atoms with Gasteiger partial charge >= 0.3 is 0 Å². The van der Waals surface area contributed by atoms with Crippen LogP contribution in [0.4, 0.5) is 0 Å². The Kier molecular flexibility index (Phi) is 5.43. The summed E-state index contributed by atoms with van der Waals surface area (Å²) in [6.45, 7) is 2.37. The molecule has 0 bridgehead atoms. The van der Waals surface area contributed by atoms with Crippen LogP contribution in [0.5, 0.6) is 0 Å². The Morgan fingerprint density at radius 1 is 1.17 bits per heavy atom. The highest BCUT2D eigenvalue weighted by Crippen LogP contribution is 2.35. The molecular formula is C22H22N4O2S2. The Bertz CT molecular complexity index is 1240. The maximum absolute atomic E-state index is 13.6. The Balaban J connectivity index is 1.54. The van der Waals surface area contributed by atoms with E-state index in [2.05, 4.69) is 22.3 Å². The lowest BCUT2D eigenvalue weighted by Crippen LogP contribution is -2.24. The van der Waals surface area contributed by atoms with Gasteiger partial charge in [-0.2, -0.15) is 0 Å². The summed E-state index contributed by atoms with van der Waals surface area (Å²) in [7, 11) is 0. The van der Waals surface area contributed by atoms with Crippen molar-refractivity contribution < 1.29 is 4.42 Å². The summed E-state index contributed by atoms with van der Waals surface area (Å²) in [5, 5.41) is 9.52. The third-order valence-corrected chi connectivity index (χ3v) is 7.55. The second-order valence-corrected chi connectivity index (χ2v) is 9.51. The monoisotopic (exact) mass is 438 g/mol. The summed E-state index contributed by atoms with van der Waals surface area (Å²) in [5.74, 6) is 1.59. The van der Waals surface area contributed by atoms with Crippen molar-refractivity contribution in [3.63, 3.8) is 0 Å². The molecule has 4 aromatic rings. The molecule has 1 aliphatic rings. The highest BCUT2D eigenvalue weighted by atomic mass is 32.2. The van der Waals surface area contributed by atoms with Gasteiger partial charge in [0, 0.05) is 18.3 Å². The van der Waals surface area contributed by atoms with Gasteiger partial charge in [0.25, 0.3) is 5.56 Å². The fourth-order valence-electron chi connectivity index (χ4n) is 3.93. The fraction of sp³-hybridized carbons (Fsp3) is 0.364. The van der Waals surface area contributed by atoms with Crippen LogP contribution in [0.1, 0.15) is 40.6 Å². The van der Waals surface area contributed by atoms with Gasteiger partial charge in [0.1, 0.15) is 4.83 Å². The number of hydrogen-bond acceptors (Lipinski definition) is 7. The molecule has 0 fully saturated rings. The molecule has 0 saturated carbocycles. The SMILES string of the molecule is Cc1nnc(CSc2nc3sc4c(c3c(=O)n2CCc2ccccc2)CCCC4)o1. The van der Waals surface area contributed by atoms with Gasteiger partial charge in [-0.05, 0) is 43.2 Å². The van der Waals surface area contributed by atoms with Gasteiger partial charge in [-0.1, -0.05) is 42.1 Å². The van der Waals surface area contributed by atoms with Crippen LogP contribution in [0.3, 0.4) is 0 Å². The zero-order chi connectivity index (χ0) is 20.5. The molecule has 5 rings (SSSR count). The molecule has 1 aliphatic carbocycles. The molecule has 3 aromatic heterocycles. The highest BCUT2D eigenvalue weighted by Gasteiger charge is 2.22. The number of thiophene rings is 1. The van der Waals surface area contributed by atoms with E-state index in [0.717, 1.165) is 41.1 Å². The third-order valence-electron chi connectivity index (χ3n) is 5.40. The van der Waals surface area contributed by atoms with E-state index in [9.17, 15) is 4.79 Å². The average Bonchev–Trinajstić information content (AvgIpc) is 3.35. The van der Waals surface area contributed by atoms with Crippen LogP contribution in [-0.4, -0.2) is 19.7 Å². The normalized spacial score (nSPS) is 13.6. The molecule has 0 amide bonds. The molecule has 6 nitrogen and oxygen atoms in total. The zero-order valence-corrected chi connectivity index (χ0v) is 18.4. The molecule has 0 aliphatic heterocycles. The Labute approximate surface area is 182 Å².